The summed E-state index contributed by atoms with van der Waals surface area (Å²) in [6, 6.07) is 10.6. The molecule has 3 heterocycles. The topological polar surface area (TPSA) is 69.0 Å². The summed E-state index contributed by atoms with van der Waals surface area (Å²) in [6.07, 6.45) is -3.04. The highest BCUT2D eigenvalue weighted by molar-refractivity contribution is 7.09. The largest absolute Gasteiger partial charge is 0.497 e. The van der Waals surface area contributed by atoms with E-state index in [0.717, 1.165) is 22.3 Å². The van der Waals surface area contributed by atoms with E-state index in [1.807, 2.05) is 12.1 Å². The third-order valence-electron chi connectivity index (χ3n) is 5.48. The Kier molecular flexibility index (Phi) is 4.89. The quantitative estimate of drug-likeness (QED) is 0.411. The van der Waals surface area contributed by atoms with Crippen LogP contribution in [0.25, 0.3) is 27.5 Å². The maximum atomic E-state index is 13.4. The Labute approximate surface area is 188 Å². The second kappa shape index (κ2) is 7.66. The predicted octanol–water partition coefficient (Wildman–Crippen LogP) is 4.77. The van der Waals surface area contributed by atoms with Crippen LogP contribution in [0.1, 0.15) is 11.1 Å². The molecule has 0 aliphatic heterocycles. The maximum Gasteiger partial charge on any atom is 0.416 e. The molecule has 0 unspecified atom stereocenters. The molecule has 0 atom stereocenters. The molecule has 10 heteroatoms. The number of ether oxygens (including phenoxy) is 1. The number of hydrogen-bond acceptors (Lipinski definition) is 4. The number of methoxy groups -OCH3 is 1. The van der Waals surface area contributed by atoms with Crippen LogP contribution < -0.4 is 16.0 Å². The highest BCUT2D eigenvalue weighted by atomic mass is 32.1. The zero-order chi connectivity index (χ0) is 23.3. The van der Waals surface area contributed by atoms with Gasteiger partial charge in [0.1, 0.15) is 5.75 Å². The van der Waals surface area contributed by atoms with E-state index in [1.54, 1.807) is 34.6 Å². The second-order valence-corrected chi connectivity index (χ2v) is 8.23. The Morgan fingerprint density at radius 1 is 1.03 bits per heavy atom. The molecule has 0 bridgehead atoms. The van der Waals surface area contributed by atoms with Crippen molar-refractivity contribution in [3.8, 4) is 11.4 Å². The Hall–Kier alpha value is -3.79. The minimum Gasteiger partial charge on any atom is -0.497 e. The van der Waals surface area contributed by atoms with E-state index < -0.39 is 23.0 Å². The summed E-state index contributed by atoms with van der Waals surface area (Å²) in [5.41, 5.74) is -0.352. The second-order valence-electron chi connectivity index (χ2n) is 7.49. The fourth-order valence-corrected chi connectivity index (χ4v) is 4.61. The van der Waals surface area contributed by atoms with Crippen molar-refractivity contribution < 1.29 is 17.9 Å². The molecule has 2 aromatic carbocycles. The number of fused-ring (bicyclic) bond motifs is 2. The zero-order valence-electron chi connectivity index (χ0n) is 17.1. The molecule has 5 rings (SSSR count). The molecule has 1 N–H and O–H groups in total. The summed E-state index contributed by atoms with van der Waals surface area (Å²) >= 11 is 1.25. The van der Waals surface area contributed by atoms with E-state index in [4.69, 9.17) is 4.74 Å². The maximum absolute atomic E-state index is 13.4. The number of H-pyrrole nitrogens is 1. The molecule has 0 aliphatic carbocycles. The van der Waals surface area contributed by atoms with Crippen LogP contribution in [0.3, 0.4) is 0 Å². The van der Waals surface area contributed by atoms with Gasteiger partial charge in [-0.1, -0.05) is 12.1 Å². The number of aromatic amines is 1. The van der Waals surface area contributed by atoms with E-state index in [1.165, 1.54) is 23.6 Å². The van der Waals surface area contributed by atoms with Gasteiger partial charge in [0.15, 0.2) is 0 Å². The van der Waals surface area contributed by atoms with Gasteiger partial charge in [0.2, 0.25) is 0 Å². The highest BCUT2D eigenvalue weighted by Crippen LogP contribution is 2.34. The SMILES string of the molecule is COc1ccc(Cn2cc(-n3c(=O)[nH]c4cscc4c3=O)c3cc(C(F)(F)F)ccc32)cc1. The molecule has 0 saturated carbocycles. The number of benzene rings is 2. The molecule has 33 heavy (non-hydrogen) atoms. The number of thiophene rings is 1. The van der Waals surface area contributed by atoms with Crippen molar-refractivity contribution in [2.45, 2.75) is 12.7 Å². The molecule has 3 aromatic heterocycles. The third kappa shape index (κ3) is 3.62. The van der Waals surface area contributed by atoms with Gasteiger partial charge < -0.3 is 14.3 Å². The van der Waals surface area contributed by atoms with Crippen LogP contribution in [0.2, 0.25) is 0 Å². The molecule has 6 nitrogen and oxygen atoms in total. The Morgan fingerprint density at radius 3 is 2.48 bits per heavy atom. The molecule has 0 fully saturated rings. The van der Waals surface area contributed by atoms with Crippen molar-refractivity contribution in [1.29, 1.82) is 0 Å². The lowest BCUT2D eigenvalue weighted by Gasteiger charge is -2.09. The number of nitrogens with zero attached hydrogens (tertiary/aromatic N) is 2. The van der Waals surface area contributed by atoms with E-state index in [0.29, 0.717) is 28.7 Å². The van der Waals surface area contributed by atoms with Crippen LogP contribution in [-0.2, 0) is 12.7 Å². The molecule has 0 radical (unpaired) electrons. The van der Waals surface area contributed by atoms with Gasteiger partial charge in [-0.15, -0.1) is 11.3 Å². The summed E-state index contributed by atoms with van der Waals surface area (Å²) in [6.45, 7) is 0.319. The van der Waals surface area contributed by atoms with Crippen LogP contribution >= 0.6 is 11.3 Å². The van der Waals surface area contributed by atoms with Crippen LogP contribution in [0.5, 0.6) is 5.75 Å². The zero-order valence-corrected chi connectivity index (χ0v) is 18.0. The van der Waals surface area contributed by atoms with Gasteiger partial charge in [0.25, 0.3) is 5.56 Å². The molecule has 0 amide bonds. The number of nitrogens with one attached hydrogen (secondary N) is 1. The monoisotopic (exact) mass is 471 g/mol. The molecular formula is C23H16F3N3O3S. The standard InChI is InChI=1S/C23H16F3N3O3S/c1-32-15-5-2-13(3-6-15)9-28-10-20(16-8-14(23(24,25)26)4-7-19(16)28)29-21(30)17-11-33-12-18(17)27-22(29)31/h2-8,10-12H,9H2,1H3,(H,27,31). The number of aromatic nitrogens is 3. The highest BCUT2D eigenvalue weighted by Gasteiger charge is 2.31. The molecule has 0 saturated heterocycles. The first-order valence-corrected chi connectivity index (χ1v) is 10.7. The molecule has 5 aromatic rings. The third-order valence-corrected chi connectivity index (χ3v) is 6.22. The van der Waals surface area contributed by atoms with E-state index >= 15 is 0 Å². The van der Waals surface area contributed by atoms with Crippen LogP contribution in [0.15, 0.2) is 69.0 Å². The molecule has 0 spiro atoms. The Balaban J connectivity index is 1.75. The average molecular weight is 471 g/mol. The van der Waals surface area contributed by atoms with Gasteiger partial charge in [-0.2, -0.15) is 13.2 Å². The van der Waals surface area contributed by atoms with Crippen molar-refractivity contribution >= 4 is 33.1 Å². The summed E-state index contributed by atoms with van der Waals surface area (Å²) in [5.74, 6) is 0.675. The minimum absolute atomic E-state index is 0.0870. The molecule has 0 aliphatic rings. The van der Waals surface area contributed by atoms with Crippen molar-refractivity contribution in [3.05, 3.63) is 91.4 Å². The summed E-state index contributed by atoms with van der Waals surface area (Å²) in [5, 5.41) is 3.68. The van der Waals surface area contributed by atoms with Gasteiger partial charge in [-0.05, 0) is 35.9 Å². The lowest BCUT2D eigenvalue weighted by molar-refractivity contribution is -0.137. The van der Waals surface area contributed by atoms with Gasteiger partial charge in [-0.3, -0.25) is 4.79 Å². The van der Waals surface area contributed by atoms with Gasteiger partial charge in [-0.25, -0.2) is 9.36 Å². The average Bonchev–Trinajstić information content (AvgIpc) is 3.39. The summed E-state index contributed by atoms with van der Waals surface area (Å²) < 4.78 is 48.1. The molecule has 168 valence electrons. The molecular weight excluding hydrogens is 455 g/mol. The lowest BCUT2D eigenvalue weighted by Crippen LogP contribution is -2.33. The fourth-order valence-electron chi connectivity index (χ4n) is 3.85. The Morgan fingerprint density at radius 2 is 1.79 bits per heavy atom. The smallest absolute Gasteiger partial charge is 0.416 e. The van der Waals surface area contributed by atoms with Crippen LogP contribution in [-0.4, -0.2) is 21.2 Å². The normalized spacial score (nSPS) is 12.0. The number of alkyl halides is 3. The number of rotatable bonds is 4. The first-order valence-electron chi connectivity index (χ1n) is 9.81. The fraction of sp³-hybridized carbons (Fsp3) is 0.130. The van der Waals surface area contributed by atoms with Gasteiger partial charge in [0, 0.05) is 28.9 Å². The van der Waals surface area contributed by atoms with Crippen LogP contribution in [0.4, 0.5) is 13.2 Å². The number of hydrogen-bond donors (Lipinski definition) is 1. The van der Waals surface area contributed by atoms with Crippen molar-refractivity contribution in [2.75, 3.05) is 7.11 Å². The van der Waals surface area contributed by atoms with Gasteiger partial charge in [0.05, 0.1) is 34.8 Å². The van der Waals surface area contributed by atoms with E-state index in [2.05, 4.69) is 4.98 Å². The van der Waals surface area contributed by atoms with Crippen molar-refractivity contribution in [3.63, 3.8) is 0 Å². The van der Waals surface area contributed by atoms with Crippen molar-refractivity contribution in [1.82, 2.24) is 14.1 Å². The van der Waals surface area contributed by atoms with Crippen molar-refractivity contribution in [2.24, 2.45) is 0 Å². The number of halogens is 3. The summed E-state index contributed by atoms with van der Waals surface area (Å²) in [4.78, 5) is 28.5. The first-order chi connectivity index (χ1) is 15.8. The lowest BCUT2D eigenvalue weighted by atomic mass is 10.1. The van der Waals surface area contributed by atoms with Gasteiger partial charge >= 0.3 is 11.9 Å². The first kappa shape index (κ1) is 21.1. The van der Waals surface area contributed by atoms with Crippen LogP contribution in [0, 0.1) is 0 Å². The minimum atomic E-state index is -4.57. The van der Waals surface area contributed by atoms with E-state index in [-0.39, 0.29) is 11.1 Å². The summed E-state index contributed by atoms with van der Waals surface area (Å²) in [7, 11) is 1.55. The van der Waals surface area contributed by atoms with E-state index in [9.17, 15) is 22.8 Å². The Bertz CT molecular complexity index is 1610. The predicted molar refractivity (Wildman–Crippen MR) is 121 cm³/mol.